The predicted molar refractivity (Wildman–Crippen MR) is 79.7 cm³/mol. The molecule has 0 unspecified atom stereocenters. The molecule has 2 heterocycles. The number of nitrogens with zero attached hydrogens (tertiary/aromatic N) is 2. The third-order valence-corrected chi connectivity index (χ3v) is 4.18. The molecular weight excluding hydrogens is 252 g/mol. The number of aromatic nitrogens is 1. The lowest BCUT2D eigenvalue weighted by molar-refractivity contribution is 0.0942. The molecule has 0 aromatic carbocycles. The molecule has 2 aliphatic rings. The topological polar surface area (TPSA) is 63.3 Å². The molecule has 1 amide bonds. The highest BCUT2D eigenvalue weighted by Crippen LogP contribution is 2.37. The zero-order valence-electron chi connectivity index (χ0n) is 12.0. The summed E-state index contributed by atoms with van der Waals surface area (Å²) in [6, 6.07) is 2.27. The van der Waals surface area contributed by atoms with E-state index in [0.29, 0.717) is 17.4 Å². The van der Waals surface area contributed by atoms with Crippen LogP contribution in [0.3, 0.4) is 0 Å². The normalized spacial score (nSPS) is 19.4. The molecule has 1 saturated heterocycles. The number of hydrogen-bond donors (Lipinski definition) is 2. The first-order valence-corrected chi connectivity index (χ1v) is 7.72. The number of carbonyl (C=O) groups excluding carboxylic acids is 1. The maximum absolute atomic E-state index is 12.2. The van der Waals surface area contributed by atoms with Gasteiger partial charge in [0.2, 0.25) is 0 Å². The summed E-state index contributed by atoms with van der Waals surface area (Å²) in [4.78, 5) is 14.7. The Morgan fingerprint density at radius 3 is 2.80 bits per heavy atom. The van der Waals surface area contributed by atoms with Crippen LogP contribution in [0.1, 0.15) is 48.6 Å². The van der Waals surface area contributed by atoms with Gasteiger partial charge in [-0.15, -0.1) is 0 Å². The summed E-state index contributed by atoms with van der Waals surface area (Å²) >= 11 is 0. The fraction of sp³-hybridized carbons (Fsp3) is 0.667. The van der Waals surface area contributed by atoms with E-state index >= 15 is 0 Å². The van der Waals surface area contributed by atoms with Crippen molar-refractivity contribution in [2.24, 2.45) is 0 Å². The number of hydrogen-bond acceptors (Lipinski definition) is 3. The lowest BCUT2D eigenvalue weighted by Gasteiger charge is -2.14. The summed E-state index contributed by atoms with van der Waals surface area (Å²) in [6.45, 7) is 4.27. The van der Waals surface area contributed by atoms with Gasteiger partial charge in [-0.2, -0.15) is 0 Å². The minimum Gasteiger partial charge on any atom is -0.397 e. The van der Waals surface area contributed by atoms with Gasteiger partial charge in [0.05, 0.1) is 5.69 Å². The van der Waals surface area contributed by atoms with Crippen molar-refractivity contribution in [3.05, 3.63) is 18.0 Å². The molecule has 1 saturated carbocycles. The van der Waals surface area contributed by atoms with Crippen LogP contribution in [0.2, 0.25) is 0 Å². The van der Waals surface area contributed by atoms with E-state index in [-0.39, 0.29) is 5.91 Å². The smallest absolute Gasteiger partial charge is 0.267 e. The van der Waals surface area contributed by atoms with Gasteiger partial charge < -0.3 is 20.5 Å². The minimum absolute atomic E-state index is 0.00928. The van der Waals surface area contributed by atoms with Gasteiger partial charge in [-0.3, -0.25) is 4.79 Å². The zero-order chi connectivity index (χ0) is 13.9. The molecule has 0 atom stereocenters. The van der Waals surface area contributed by atoms with Gasteiger partial charge in [0.1, 0.15) is 5.69 Å². The second-order valence-electron chi connectivity index (χ2n) is 5.96. The molecule has 1 aliphatic heterocycles. The molecule has 0 spiro atoms. The van der Waals surface area contributed by atoms with Crippen LogP contribution < -0.4 is 11.1 Å². The lowest BCUT2D eigenvalue weighted by Crippen LogP contribution is -2.29. The fourth-order valence-corrected chi connectivity index (χ4v) is 2.94. The molecule has 20 heavy (non-hydrogen) atoms. The molecule has 5 nitrogen and oxygen atoms in total. The Morgan fingerprint density at radius 2 is 2.10 bits per heavy atom. The second kappa shape index (κ2) is 5.87. The van der Waals surface area contributed by atoms with Crippen LogP contribution in [0.25, 0.3) is 0 Å². The first-order valence-electron chi connectivity index (χ1n) is 7.72. The molecule has 0 bridgehead atoms. The van der Waals surface area contributed by atoms with Crippen molar-refractivity contribution in [1.82, 2.24) is 14.8 Å². The van der Waals surface area contributed by atoms with Crippen LogP contribution in [0, 0.1) is 0 Å². The van der Waals surface area contributed by atoms with E-state index in [2.05, 4.69) is 10.2 Å². The highest BCUT2D eigenvalue weighted by atomic mass is 16.1. The second-order valence-corrected chi connectivity index (χ2v) is 5.96. The standard InChI is InChI=1S/C15H24N4O/c16-12-10-14(19(11-12)13-4-5-13)15(20)17-6-3-9-18-7-1-2-8-18/h10-11,13H,1-9,16H2,(H,17,20). The van der Waals surface area contributed by atoms with Crippen molar-refractivity contribution in [2.75, 3.05) is 31.9 Å². The van der Waals surface area contributed by atoms with E-state index in [1.807, 2.05) is 10.8 Å². The maximum Gasteiger partial charge on any atom is 0.267 e. The van der Waals surface area contributed by atoms with E-state index in [9.17, 15) is 4.79 Å². The van der Waals surface area contributed by atoms with Crippen molar-refractivity contribution in [2.45, 2.75) is 38.1 Å². The molecule has 0 radical (unpaired) electrons. The summed E-state index contributed by atoms with van der Waals surface area (Å²) < 4.78 is 2.03. The first-order chi connectivity index (χ1) is 9.74. The summed E-state index contributed by atoms with van der Waals surface area (Å²) in [7, 11) is 0. The number of likely N-dealkylation sites (tertiary alicyclic amines) is 1. The van der Waals surface area contributed by atoms with E-state index in [1.165, 1.54) is 25.9 Å². The third kappa shape index (κ3) is 3.15. The Hall–Kier alpha value is -1.49. The number of anilines is 1. The molecule has 110 valence electrons. The van der Waals surface area contributed by atoms with Crippen LogP contribution in [0.15, 0.2) is 12.3 Å². The van der Waals surface area contributed by atoms with Crippen LogP contribution in [-0.4, -0.2) is 41.6 Å². The van der Waals surface area contributed by atoms with Crippen LogP contribution >= 0.6 is 0 Å². The lowest BCUT2D eigenvalue weighted by atomic mass is 10.3. The Kier molecular flexibility index (Phi) is 3.96. The number of amides is 1. The number of nitrogens with two attached hydrogens (primary N) is 1. The molecule has 1 aromatic rings. The average Bonchev–Trinajstić information content (AvgIpc) is 3.00. The van der Waals surface area contributed by atoms with Gasteiger partial charge in [0, 0.05) is 18.8 Å². The van der Waals surface area contributed by atoms with Crippen molar-refractivity contribution >= 4 is 11.6 Å². The molecule has 1 aromatic heterocycles. The van der Waals surface area contributed by atoms with E-state index in [0.717, 1.165) is 32.4 Å². The minimum atomic E-state index is 0.00928. The van der Waals surface area contributed by atoms with Gasteiger partial charge in [-0.25, -0.2) is 0 Å². The Bertz CT molecular complexity index is 472. The molecular formula is C15H24N4O. The van der Waals surface area contributed by atoms with Crippen molar-refractivity contribution in [3.63, 3.8) is 0 Å². The quantitative estimate of drug-likeness (QED) is 0.776. The van der Waals surface area contributed by atoms with E-state index in [4.69, 9.17) is 5.73 Å². The largest absolute Gasteiger partial charge is 0.397 e. The maximum atomic E-state index is 12.2. The number of nitrogens with one attached hydrogen (secondary N) is 1. The summed E-state index contributed by atoms with van der Waals surface area (Å²) in [5.74, 6) is 0.00928. The van der Waals surface area contributed by atoms with Crippen LogP contribution in [0.4, 0.5) is 5.69 Å². The fourth-order valence-electron chi connectivity index (χ4n) is 2.94. The first kappa shape index (κ1) is 13.5. The van der Waals surface area contributed by atoms with E-state index < -0.39 is 0 Å². The van der Waals surface area contributed by atoms with Crippen molar-refractivity contribution < 1.29 is 4.79 Å². The zero-order valence-corrected chi connectivity index (χ0v) is 12.0. The van der Waals surface area contributed by atoms with Gasteiger partial charge in [-0.1, -0.05) is 0 Å². The van der Waals surface area contributed by atoms with Crippen molar-refractivity contribution in [3.8, 4) is 0 Å². The molecule has 1 aliphatic carbocycles. The number of rotatable bonds is 6. The Labute approximate surface area is 120 Å². The van der Waals surface area contributed by atoms with Gasteiger partial charge in [-0.05, 0) is 57.8 Å². The van der Waals surface area contributed by atoms with Gasteiger partial charge in [0.25, 0.3) is 5.91 Å². The van der Waals surface area contributed by atoms with Gasteiger partial charge >= 0.3 is 0 Å². The Morgan fingerprint density at radius 1 is 1.35 bits per heavy atom. The highest BCUT2D eigenvalue weighted by Gasteiger charge is 2.27. The summed E-state index contributed by atoms with van der Waals surface area (Å²) in [5, 5.41) is 3.02. The average molecular weight is 276 g/mol. The Balaban J connectivity index is 1.46. The number of carbonyl (C=O) groups is 1. The SMILES string of the molecule is Nc1cc(C(=O)NCCCN2CCCC2)n(C2CC2)c1. The molecule has 2 fully saturated rings. The predicted octanol–water partition coefficient (Wildman–Crippen LogP) is 1.62. The summed E-state index contributed by atoms with van der Waals surface area (Å²) in [6.07, 6.45) is 7.86. The molecule has 5 heteroatoms. The third-order valence-electron chi connectivity index (χ3n) is 4.18. The molecule has 3 N–H and O–H groups in total. The van der Waals surface area contributed by atoms with E-state index in [1.54, 1.807) is 6.07 Å². The monoisotopic (exact) mass is 276 g/mol. The van der Waals surface area contributed by atoms with Crippen LogP contribution in [-0.2, 0) is 0 Å². The summed E-state index contributed by atoms with van der Waals surface area (Å²) in [5.41, 5.74) is 7.21. The molecule has 3 rings (SSSR count). The van der Waals surface area contributed by atoms with Crippen LogP contribution in [0.5, 0.6) is 0 Å². The number of nitrogen functional groups attached to an aromatic ring is 1. The van der Waals surface area contributed by atoms with Gasteiger partial charge in [0.15, 0.2) is 0 Å². The van der Waals surface area contributed by atoms with Crippen molar-refractivity contribution in [1.29, 1.82) is 0 Å². The highest BCUT2D eigenvalue weighted by molar-refractivity contribution is 5.93.